The number of amides is 1. The van der Waals surface area contributed by atoms with Crippen LogP contribution in [0.15, 0.2) is 24.3 Å². The van der Waals surface area contributed by atoms with E-state index < -0.39 is 17.9 Å². The molecule has 0 fully saturated rings. The minimum Gasteiger partial charge on any atom is -0.481 e. The smallest absolute Gasteiger partial charge is 0.311 e. The average molecular weight is 319 g/mol. The first-order valence-electron chi connectivity index (χ1n) is 7.75. The lowest BCUT2D eigenvalue weighted by atomic mass is 9.86. The van der Waals surface area contributed by atoms with E-state index in [9.17, 15) is 19.5 Å². The van der Waals surface area contributed by atoms with E-state index in [4.69, 9.17) is 4.74 Å². The predicted octanol–water partition coefficient (Wildman–Crippen LogP) is 2.32. The minimum atomic E-state index is -0.886. The number of carbonyl (C=O) groups excluding carboxylic acids is 2. The number of fused-ring (bicyclic) bond motifs is 1. The number of carbonyl (C=O) groups is 3. The third-order valence-corrected chi connectivity index (χ3v) is 4.00. The van der Waals surface area contributed by atoms with Gasteiger partial charge in [0.25, 0.3) is 0 Å². The summed E-state index contributed by atoms with van der Waals surface area (Å²) in [5, 5.41) is 9.40. The molecule has 1 amide bonds. The fourth-order valence-electron chi connectivity index (χ4n) is 2.99. The van der Waals surface area contributed by atoms with E-state index in [0.29, 0.717) is 17.7 Å². The molecule has 2 rings (SSSR count). The molecule has 1 aromatic rings. The molecule has 6 heteroatoms. The lowest BCUT2D eigenvalue weighted by Gasteiger charge is -2.38. The summed E-state index contributed by atoms with van der Waals surface area (Å²) in [5.74, 6) is -2.10. The largest absolute Gasteiger partial charge is 0.481 e. The van der Waals surface area contributed by atoms with Gasteiger partial charge in [-0.15, -0.1) is 0 Å². The summed E-state index contributed by atoms with van der Waals surface area (Å²) in [4.78, 5) is 37.0. The Labute approximate surface area is 135 Å². The fourth-order valence-corrected chi connectivity index (χ4v) is 2.99. The molecule has 0 aliphatic carbocycles. The van der Waals surface area contributed by atoms with Gasteiger partial charge in [-0.3, -0.25) is 14.4 Å². The van der Waals surface area contributed by atoms with E-state index in [1.165, 1.54) is 0 Å². The molecule has 2 unspecified atom stereocenters. The number of rotatable bonds is 5. The van der Waals surface area contributed by atoms with Crippen LogP contribution in [-0.4, -0.2) is 35.6 Å². The van der Waals surface area contributed by atoms with Gasteiger partial charge in [-0.2, -0.15) is 0 Å². The number of anilines is 1. The summed E-state index contributed by atoms with van der Waals surface area (Å²) in [7, 11) is 0. The Balaban J connectivity index is 2.21. The van der Waals surface area contributed by atoms with Crippen LogP contribution in [0, 0.1) is 0 Å². The molecule has 124 valence electrons. The van der Waals surface area contributed by atoms with Gasteiger partial charge in [0.1, 0.15) is 0 Å². The third-order valence-electron chi connectivity index (χ3n) is 4.00. The molecule has 2 atom stereocenters. The topological polar surface area (TPSA) is 83.9 Å². The molecule has 0 saturated carbocycles. The molecule has 0 saturated heterocycles. The number of benzene rings is 1. The molecule has 1 aliphatic rings. The molecule has 0 bridgehead atoms. The average Bonchev–Trinajstić information content (AvgIpc) is 2.52. The number of para-hydroxylation sites is 1. The van der Waals surface area contributed by atoms with Crippen molar-refractivity contribution in [2.75, 3.05) is 11.5 Å². The van der Waals surface area contributed by atoms with Crippen molar-refractivity contribution in [2.45, 2.75) is 45.1 Å². The van der Waals surface area contributed by atoms with Crippen LogP contribution >= 0.6 is 0 Å². The zero-order valence-electron chi connectivity index (χ0n) is 13.3. The number of hydrogen-bond acceptors (Lipinski definition) is 4. The first-order chi connectivity index (χ1) is 11.0. The standard InChI is InChI=1S/C17H21NO5/c1-3-23-16(20)9-8-15(19)18-11(2)10-13(17(21)22)12-6-4-5-7-14(12)18/h4-7,11,13H,3,8-10H2,1-2H3,(H,21,22). The van der Waals surface area contributed by atoms with Crippen molar-refractivity contribution in [3.8, 4) is 0 Å². The van der Waals surface area contributed by atoms with Crippen molar-refractivity contribution in [3.05, 3.63) is 29.8 Å². The molecule has 1 aromatic carbocycles. The number of esters is 1. The van der Waals surface area contributed by atoms with Gasteiger partial charge in [-0.1, -0.05) is 18.2 Å². The highest BCUT2D eigenvalue weighted by atomic mass is 16.5. The SMILES string of the molecule is CCOC(=O)CCC(=O)N1c2ccccc2C(C(=O)O)CC1C. The second kappa shape index (κ2) is 7.26. The van der Waals surface area contributed by atoms with Gasteiger partial charge in [0.05, 0.1) is 18.9 Å². The Bertz CT molecular complexity index is 613. The van der Waals surface area contributed by atoms with E-state index >= 15 is 0 Å². The van der Waals surface area contributed by atoms with Crippen molar-refractivity contribution in [1.82, 2.24) is 0 Å². The first-order valence-corrected chi connectivity index (χ1v) is 7.75. The van der Waals surface area contributed by atoms with Crippen LogP contribution < -0.4 is 4.90 Å². The van der Waals surface area contributed by atoms with Crippen molar-refractivity contribution in [2.24, 2.45) is 0 Å². The summed E-state index contributed by atoms with van der Waals surface area (Å²) in [5.41, 5.74) is 1.26. The Morgan fingerprint density at radius 3 is 2.61 bits per heavy atom. The molecule has 0 spiro atoms. The van der Waals surface area contributed by atoms with E-state index in [1.54, 1.807) is 36.1 Å². The van der Waals surface area contributed by atoms with Crippen LogP contribution in [0.3, 0.4) is 0 Å². The van der Waals surface area contributed by atoms with Gasteiger partial charge in [-0.25, -0.2) is 0 Å². The molecular formula is C17H21NO5. The molecule has 1 aliphatic heterocycles. The van der Waals surface area contributed by atoms with Crippen LogP contribution in [0.2, 0.25) is 0 Å². The quantitative estimate of drug-likeness (QED) is 0.842. The van der Waals surface area contributed by atoms with Crippen LogP contribution in [0.5, 0.6) is 0 Å². The van der Waals surface area contributed by atoms with Crippen molar-refractivity contribution in [3.63, 3.8) is 0 Å². The van der Waals surface area contributed by atoms with E-state index in [0.717, 1.165) is 0 Å². The normalized spacial score (nSPS) is 19.8. The molecule has 1 N–H and O–H groups in total. The Morgan fingerprint density at radius 1 is 1.26 bits per heavy atom. The second-order valence-corrected chi connectivity index (χ2v) is 5.60. The van der Waals surface area contributed by atoms with Gasteiger partial charge in [0.2, 0.25) is 5.91 Å². The maximum Gasteiger partial charge on any atom is 0.311 e. The molecule has 1 heterocycles. The maximum absolute atomic E-state index is 12.5. The van der Waals surface area contributed by atoms with E-state index in [2.05, 4.69) is 0 Å². The lowest BCUT2D eigenvalue weighted by molar-refractivity contribution is -0.144. The number of carboxylic acids is 1. The summed E-state index contributed by atoms with van der Waals surface area (Å²) >= 11 is 0. The van der Waals surface area contributed by atoms with Crippen LogP contribution in [0.4, 0.5) is 5.69 Å². The van der Waals surface area contributed by atoms with Crippen molar-refractivity contribution >= 4 is 23.5 Å². The number of aliphatic carboxylic acids is 1. The summed E-state index contributed by atoms with van der Waals surface area (Å²) in [6.45, 7) is 3.83. The molecular weight excluding hydrogens is 298 g/mol. The molecule has 23 heavy (non-hydrogen) atoms. The van der Waals surface area contributed by atoms with Crippen molar-refractivity contribution < 1.29 is 24.2 Å². The number of nitrogens with zero attached hydrogens (tertiary/aromatic N) is 1. The minimum absolute atomic E-state index is 0.0282. The third kappa shape index (κ3) is 3.70. The predicted molar refractivity (Wildman–Crippen MR) is 84.3 cm³/mol. The highest BCUT2D eigenvalue weighted by Crippen LogP contribution is 2.38. The number of ether oxygens (including phenoxy) is 1. The van der Waals surface area contributed by atoms with Crippen molar-refractivity contribution in [1.29, 1.82) is 0 Å². The highest BCUT2D eigenvalue weighted by molar-refractivity contribution is 5.98. The van der Waals surface area contributed by atoms with Gasteiger partial charge < -0.3 is 14.7 Å². The van der Waals surface area contributed by atoms with Crippen LogP contribution in [0.25, 0.3) is 0 Å². The Hall–Kier alpha value is -2.37. The van der Waals surface area contributed by atoms with Gasteiger partial charge in [0.15, 0.2) is 0 Å². The van der Waals surface area contributed by atoms with Crippen LogP contribution in [-0.2, 0) is 19.1 Å². The van der Waals surface area contributed by atoms with E-state index in [-0.39, 0.29) is 31.4 Å². The van der Waals surface area contributed by atoms with Gasteiger partial charge in [-0.05, 0) is 31.9 Å². The maximum atomic E-state index is 12.5. The highest BCUT2D eigenvalue weighted by Gasteiger charge is 2.36. The molecule has 6 nitrogen and oxygen atoms in total. The summed E-state index contributed by atoms with van der Waals surface area (Å²) in [6, 6.07) is 6.81. The molecule has 0 aromatic heterocycles. The Morgan fingerprint density at radius 2 is 1.96 bits per heavy atom. The second-order valence-electron chi connectivity index (χ2n) is 5.60. The summed E-state index contributed by atoms with van der Waals surface area (Å²) < 4.78 is 4.84. The van der Waals surface area contributed by atoms with Crippen LogP contribution in [0.1, 0.15) is 44.6 Å². The number of carboxylic acid groups (broad SMARTS) is 1. The Kier molecular flexibility index (Phi) is 5.36. The van der Waals surface area contributed by atoms with Gasteiger partial charge >= 0.3 is 11.9 Å². The number of hydrogen-bond donors (Lipinski definition) is 1. The lowest BCUT2D eigenvalue weighted by Crippen LogP contribution is -2.44. The first kappa shape index (κ1) is 17.0. The zero-order chi connectivity index (χ0) is 17.0. The molecule has 0 radical (unpaired) electrons. The monoisotopic (exact) mass is 319 g/mol. The van der Waals surface area contributed by atoms with Gasteiger partial charge in [0, 0.05) is 18.2 Å². The van der Waals surface area contributed by atoms with E-state index in [1.807, 2.05) is 6.92 Å². The zero-order valence-corrected chi connectivity index (χ0v) is 13.3. The fraction of sp³-hybridized carbons (Fsp3) is 0.471. The summed E-state index contributed by atoms with van der Waals surface area (Å²) in [6.07, 6.45) is 0.438.